The first kappa shape index (κ1) is 22.6. The molecule has 2 aliphatic heterocycles. The third-order valence-corrected chi connectivity index (χ3v) is 6.27. The van der Waals surface area contributed by atoms with Crippen molar-refractivity contribution in [3.63, 3.8) is 0 Å². The first-order valence-electron chi connectivity index (χ1n) is 11.9. The molecular formula is C26H28N6O3. The van der Waals surface area contributed by atoms with Gasteiger partial charge in [-0.05, 0) is 49.6 Å². The largest absolute Gasteiger partial charge is 0.495 e. The lowest BCUT2D eigenvalue weighted by Crippen LogP contribution is -2.35. The molecule has 0 radical (unpaired) electrons. The van der Waals surface area contributed by atoms with E-state index in [4.69, 9.17) is 9.72 Å². The zero-order valence-electron chi connectivity index (χ0n) is 19.7. The Labute approximate surface area is 204 Å². The van der Waals surface area contributed by atoms with Crippen LogP contribution in [0, 0.1) is 0 Å². The lowest BCUT2D eigenvalue weighted by molar-refractivity contribution is -0.115. The molecule has 0 atom stereocenters. The summed E-state index contributed by atoms with van der Waals surface area (Å²) in [7, 11) is 1.57. The molecule has 0 spiro atoms. The lowest BCUT2D eigenvalue weighted by atomic mass is 10.1. The topological polar surface area (TPSA) is 99.7 Å². The molecule has 0 unspecified atom stereocenters. The molecule has 9 nitrogen and oxygen atoms in total. The molecule has 180 valence electrons. The molecule has 5 rings (SSSR count). The monoisotopic (exact) mass is 472 g/mol. The number of nitrogens with one attached hydrogen (secondary N) is 2. The number of carbonyl (C=O) groups excluding carboxylic acids is 2. The van der Waals surface area contributed by atoms with Crippen molar-refractivity contribution >= 4 is 40.6 Å². The highest BCUT2D eigenvalue weighted by Gasteiger charge is 2.24. The average Bonchev–Trinajstić information content (AvgIpc) is 3.07. The Kier molecular flexibility index (Phi) is 6.47. The first-order valence-corrected chi connectivity index (χ1v) is 11.9. The van der Waals surface area contributed by atoms with E-state index in [0.717, 1.165) is 31.6 Å². The van der Waals surface area contributed by atoms with E-state index in [9.17, 15) is 9.59 Å². The normalized spacial score (nSPS) is 15.6. The number of piperidine rings is 1. The van der Waals surface area contributed by atoms with E-state index in [-0.39, 0.29) is 11.8 Å². The minimum Gasteiger partial charge on any atom is -0.495 e. The summed E-state index contributed by atoms with van der Waals surface area (Å²) in [6.07, 6.45) is 5.19. The fourth-order valence-electron chi connectivity index (χ4n) is 4.45. The number of hydrogen-bond acceptors (Lipinski definition) is 7. The van der Waals surface area contributed by atoms with Crippen LogP contribution < -0.4 is 20.3 Å². The van der Waals surface area contributed by atoms with Crippen LogP contribution in [-0.4, -0.2) is 53.4 Å². The standard InChI is InChI=1S/C26H28N6O3/c1-35-22-16-18(25(34)31-13-6-3-7-14-31)10-11-20(22)29-26-27-17-21-24(30-26)32(15-12-23(33)28-21)19-8-4-2-5-9-19/h2,4-5,8-11,16-17H,3,6-7,12-15H2,1H3,(H,28,33)(H,27,29,30). The molecular weight excluding hydrogens is 444 g/mol. The van der Waals surface area contributed by atoms with Crippen molar-refractivity contribution < 1.29 is 14.3 Å². The number of hydrogen-bond donors (Lipinski definition) is 2. The van der Waals surface area contributed by atoms with E-state index >= 15 is 0 Å². The summed E-state index contributed by atoms with van der Waals surface area (Å²) >= 11 is 0. The number of carbonyl (C=O) groups is 2. The maximum absolute atomic E-state index is 12.9. The number of methoxy groups -OCH3 is 1. The number of nitrogens with zero attached hydrogens (tertiary/aromatic N) is 4. The zero-order chi connectivity index (χ0) is 24.2. The van der Waals surface area contributed by atoms with Gasteiger partial charge in [0.2, 0.25) is 11.9 Å². The Morgan fingerprint density at radius 2 is 1.86 bits per heavy atom. The van der Waals surface area contributed by atoms with Gasteiger partial charge in [-0.25, -0.2) is 4.98 Å². The second-order valence-corrected chi connectivity index (χ2v) is 8.61. The lowest BCUT2D eigenvalue weighted by Gasteiger charge is -2.27. The van der Waals surface area contributed by atoms with E-state index < -0.39 is 0 Å². The summed E-state index contributed by atoms with van der Waals surface area (Å²) in [5.41, 5.74) is 2.73. The van der Waals surface area contributed by atoms with Crippen molar-refractivity contribution in [2.75, 3.05) is 42.3 Å². The Hall–Kier alpha value is -4.14. The van der Waals surface area contributed by atoms with Gasteiger partial charge in [-0.2, -0.15) is 4.98 Å². The van der Waals surface area contributed by atoms with E-state index in [1.54, 1.807) is 25.4 Å². The van der Waals surface area contributed by atoms with Crippen LogP contribution in [0.5, 0.6) is 5.75 Å². The molecule has 3 aromatic rings. The predicted molar refractivity (Wildman–Crippen MR) is 135 cm³/mol. The van der Waals surface area contributed by atoms with Gasteiger partial charge >= 0.3 is 0 Å². The van der Waals surface area contributed by atoms with E-state index in [2.05, 4.69) is 15.6 Å². The van der Waals surface area contributed by atoms with Crippen LogP contribution in [0.15, 0.2) is 54.7 Å². The van der Waals surface area contributed by atoms with Crippen molar-refractivity contribution in [2.24, 2.45) is 0 Å². The van der Waals surface area contributed by atoms with Crippen molar-refractivity contribution in [2.45, 2.75) is 25.7 Å². The van der Waals surface area contributed by atoms with Crippen LogP contribution in [0.25, 0.3) is 0 Å². The molecule has 2 aromatic carbocycles. The first-order chi connectivity index (χ1) is 17.1. The van der Waals surface area contributed by atoms with Gasteiger partial charge in [-0.3, -0.25) is 9.59 Å². The van der Waals surface area contributed by atoms with Gasteiger partial charge in [0, 0.05) is 37.3 Å². The summed E-state index contributed by atoms with van der Waals surface area (Å²) in [5, 5.41) is 6.10. The maximum atomic E-state index is 12.9. The minimum absolute atomic E-state index is 0.0186. The number of rotatable bonds is 5. The summed E-state index contributed by atoms with van der Waals surface area (Å²) < 4.78 is 5.58. The van der Waals surface area contributed by atoms with E-state index in [0.29, 0.717) is 47.4 Å². The van der Waals surface area contributed by atoms with Crippen LogP contribution >= 0.6 is 0 Å². The van der Waals surface area contributed by atoms with Crippen LogP contribution in [0.3, 0.4) is 0 Å². The van der Waals surface area contributed by atoms with Crippen molar-refractivity contribution in [3.8, 4) is 5.75 Å². The Morgan fingerprint density at radius 1 is 1.06 bits per heavy atom. The fourth-order valence-corrected chi connectivity index (χ4v) is 4.45. The molecule has 0 aliphatic carbocycles. The van der Waals surface area contributed by atoms with Crippen LogP contribution in [0.2, 0.25) is 0 Å². The predicted octanol–water partition coefficient (Wildman–Crippen LogP) is 4.34. The highest BCUT2D eigenvalue weighted by atomic mass is 16.5. The van der Waals surface area contributed by atoms with Gasteiger partial charge in [-0.1, -0.05) is 18.2 Å². The van der Waals surface area contributed by atoms with Crippen LogP contribution in [0.4, 0.5) is 28.8 Å². The highest BCUT2D eigenvalue weighted by Crippen LogP contribution is 2.34. The van der Waals surface area contributed by atoms with Gasteiger partial charge in [0.05, 0.1) is 19.0 Å². The van der Waals surface area contributed by atoms with Gasteiger partial charge in [-0.15, -0.1) is 0 Å². The molecule has 3 heterocycles. The van der Waals surface area contributed by atoms with Gasteiger partial charge < -0.3 is 25.2 Å². The van der Waals surface area contributed by atoms with Gasteiger partial charge in [0.25, 0.3) is 5.91 Å². The quantitative estimate of drug-likeness (QED) is 0.570. The number of aromatic nitrogens is 2. The molecule has 9 heteroatoms. The molecule has 1 saturated heterocycles. The minimum atomic E-state index is -0.0791. The van der Waals surface area contributed by atoms with E-state index in [1.807, 2.05) is 46.2 Å². The fraction of sp³-hybridized carbons (Fsp3) is 0.308. The average molecular weight is 473 g/mol. The maximum Gasteiger partial charge on any atom is 0.253 e. The summed E-state index contributed by atoms with van der Waals surface area (Å²) in [5.74, 6) is 1.43. The Bertz CT molecular complexity index is 1230. The van der Waals surface area contributed by atoms with Crippen molar-refractivity contribution in [3.05, 3.63) is 60.3 Å². The summed E-state index contributed by atoms with van der Waals surface area (Å²) in [6.45, 7) is 2.08. The molecule has 2 aliphatic rings. The molecule has 0 saturated carbocycles. The number of fused-ring (bicyclic) bond motifs is 1. The molecule has 2 amide bonds. The number of likely N-dealkylation sites (tertiary alicyclic amines) is 1. The highest BCUT2D eigenvalue weighted by molar-refractivity contribution is 5.97. The van der Waals surface area contributed by atoms with Crippen molar-refractivity contribution in [1.82, 2.24) is 14.9 Å². The third kappa shape index (κ3) is 4.89. The number of anilines is 5. The molecule has 1 fully saturated rings. The van der Waals surface area contributed by atoms with Crippen molar-refractivity contribution in [1.29, 1.82) is 0 Å². The SMILES string of the molecule is COc1cc(C(=O)N2CCCCC2)ccc1Nc1ncc2c(n1)N(c1ccccc1)CCC(=O)N2. The number of para-hydroxylation sites is 1. The molecule has 0 bridgehead atoms. The molecule has 35 heavy (non-hydrogen) atoms. The second kappa shape index (κ2) is 10.0. The number of benzene rings is 2. The molecule has 1 aromatic heterocycles. The summed E-state index contributed by atoms with van der Waals surface area (Å²) in [4.78, 5) is 38.2. The van der Waals surface area contributed by atoms with E-state index in [1.165, 1.54) is 6.42 Å². The zero-order valence-corrected chi connectivity index (χ0v) is 19.7. The Morgan fingerprint density at radius 3 is 2.63 bits per heavy atom. The smallest absolute Gasteiger partial charge is 0.253 e. The van der Waals surface area contributed by atoms with Crippen LogP contribution in [0.1, 0.15) is 36.0 Å². The van der Waals surface area contributed by atoms with Gasteiger partial charge in [0.15, 0.2) is 5.82 Å². The molecule has 2 N–H and O–H groups in total. The number of ether oxygens (including phenoxy) is 1. The van der Waals surface area contributed by atoms with Crippen LogP contribution in [-0.2, 0) is 4.79 Å². The second-order valence-electron chi connectivity index (χ2n) is 8.61. The number of amides is 2. The summed E-state index contributed by atoms with van der Waals surface area (Å²) in [6, 6.07) is 15.2. The Balaban J connectivity index is 1.43. The third-order valence-electron chi connectivity index (χ3n) is 6.27. The van der Waals surface area contributed by atoms with Gasteiger partial charge in [0.1, 0.15) is 11.4 Å².